The molecule has 0 aromatic heterocycles. The lowest BCUT2D eigenvalue weighted by atomic mass is 9.73. The Morgan fingerprint density at radius 3 is 2.58 bits per heavy atom. The highest BCUT2D eigenvalue weighted by Gasteiger charge is 2.60. The van der Waals surface area contributed by atoms with Crippen LogP contribution in [0.1, 0.15) is 6.42 Å². The summed E-state index contributed by atoms with van der Waals surface area (Å²) in [5, 5.41) is 31.1. The highest BCUT2D eigenvalue weighted by atomic mass is 16.5. The van der Waals surface area contributed by atoms with Crippen LogP contribution in [0.2, 0.25) is 0 Å². The zero-order valence-corrected chi connectivity index (χ0v) is 6.77. The van der Waals surface area contributed by atoms with Gasteiger partial charge in [-0.05, 0) is 0 Å². The first kappa shape index (κ1) is 8.40. The van der Waals surface area contributed by atoms with E-state index in [1.807, 2.05) is 0 Å². The summed E-state index contributed by atoms with van der Waals surface area (Å²) < 4.78 is 4.99. The minimum Gasteiger partial charge on any atom is -0.387 e. The molecule has 0 amide bonds. The largest absolute Gasteiger partial charge is 0.387 e. The molecule has 4 N–H and O–H groups in total. The molecule has 3 fully saturated rings. The molecule has 0 aromatic carbocycles. The van der Waals surface area contributed by atoms with Crippen molar-refractivity contribution in [3.63, 3.8) is 0 Å². The van der Waals surface area contributed by atoms with Crippen LogP contribution in [0.4, 0.5) is 0 Å². The average Bonchev–Trinajstić information content (AvgIpc) is 1.98. The third-order valence-corrected chi connectivity index (χ3v) is 2.78. The molecule has 3 rings (SSSR count). The number of aliphatic hydroxyl groups excluding tert-OH is 2. The molecular formula is C7H13NO4. The average molecular weight is 175 g/mol. The Bertz CT molecular complexity index is 190. The maximum absolute atomic E-state index is 9.52. The highest BCUT2D eigenvalue weighted by molar-refractivity contribution is 5.13. The van der Waals surface area contributed by atoms with E-state index >= 15 is 0 Å². The van der Waals surface area contributed by atoms with Crippen LogP contribution in [0.3, 0.4) is 0 Å². The third kappa shape index (κ3) is 0.855. The summed E-state index contributed by atoms with van der Waals surface area (Å²) in [4.78, 5) is 0. The van der Waals surface area contributed by atoms with Gasteiger partial charge in [-0.25, -0.2) is 0 Å². The number of fused-ring (bicyclic) bond motifs is 2. The fourth-order valence-electron chi connectivity index (χ4n) is 2.04. The van der Waals surface area contributed by atoms with Gasteiger partial charge in [-0.2, -0.15) is 0 Å². The minimum absolute atomic E-state index is 0.0431. The van der Waals surface area contributed by atoms with Gasteiger partial charge < -0.3 is 20.1 Å². The number of rotatable bonds is 1. The molecule has 1 saturated carbocycles. The van der Waals surface area contributed by atoms with Crippen molar-refractivity contribution < 1.29 is 20.1 Å². The molecule has 0 aromatic rings. The standard InChI is InChI=1S/C7H13NO4/c1-12-5-3-2-7(11,8-3)6(10)4(5)9/h3-6,8-11H,2H2,1H3/t3?,4-,5+,6+,7?/m1/s1. The summed E-state index contributed by atoms with van der Waals surface area (Å²) in [6.07, 6.45) is -2.15. The quantitative estimate of drug-likeness (QED) is 0.363. The van der Waals surface area contributed by atoms with Crippen molar-refractivity contribution in [2.24, 2.45) is 0 Å². The van der Waals surface area contributed by atoms with Gasteiger partial charge in [0.1, 0.15) is 24.0 Å². The molecule has 3 aliphatic rings. The molecule has 70 valence electrons. The van der Waals surface area contributed by atoms with E-state index in [9.17, 15) is 15.3 Å². The predicted molar refractivity (Wildman–Crippen MR) is 39.3 cm³/mol. The summed E-state index contributed by atoms with van der Waals surface area (Å²) >= 11 is 0. The summed E-state index contributed by atoms with van der Waals surface area (Å²) in [6.45, 7) is 0. The second kappa shape index (κ2) is 2.40. The van der Waals surface area contributed by atoms with Gasteiger partial charge in [-0.1, -0.05) is 0 Å². The van der Waals surface area contributed by atoms with Gasteiger partial charge in [0.25, 0.3) is 0 Å². The normalized spacial score (nSPS) is 58.0. The van der Waals surface area contributed by atoms with Crippen molar-refractivity contribution in [1.29, 1.82) is 0 Å². The van der Waals surface area contributed by atoms with Crippen molar-refractivity contribution in [2.45, 2.75) is 36.5 Å². The monoisotopic (exact) mass is 175 g/mol. The molecule has 5 atom stereocenters. The molecule has 2 aliphatic heterocycles. The van der Waals surface area contributed by atoms with Crippen LogP contribution in [0.25, 0.3) is 0 Å². The Hall–Kier alpha value is -0.200. The zero-order chi connectivity index (χ0) is 8.93. The SMILES string of the molecule is CO[C@H]1C2CC(O)(N2)[C@@H](O)[C@@H]1O. The Labute approximate surface area is 70.0 Å². The van der Waals surface area contributed by atoms with Crippen LogP contribution in [-0.4, -0.2) is 52.5 Å². The molecule has 2 heterocycles. The second-order valence-corrected chi connectivity index (χ2v) is 3.51. The molecule has 5 nitrogen and oxygen atoms in total. The molecule has 2 unspecified atom stereocenters. The fraction of sp³-hybridized carbons (Fsp3) is 1.00. The van der Waals surface area contributed by atoms with Crippen LogP contribution < -0.4 is 5.32 Å². The van der Waals surface area contributed by atoms with Crippen LogP contribution in [-0.2, 0) is 4.74 Å². The predicted octanol–water partition coefficient (Wildman–Crippen LogP) is -2.21. The van der Waals surface area contributed by atoms with E-state index in [0.717, 1.165) is 0 Å². The van der Waals surface area contributed by atoms with Gasteiger partial charge in [-0.3, -0.25) is 5.32 Å². The summed E-state index contributed by atoms with van der Waals surface area (Å²) in [5.74, 6) is 0. The van der Waals surface area contributed by atoms with Gasteiger partial charge >= 0.3 is 0 Å². The zero-order valence-electron chi connectivity index (χ0n) is 6.77. The summed E-state index contributed by atoms with van der Waals surface area (Å²) in [6, 6.07) is -0.0431. The first-order chi connectivity index (χ1) is 5.58. The number of ether oxygens (including phenoxy) is 1. The van der Waals surface area contributed by atoms with Crippen molar-refractivity contribution in [2.75, 3.05) is 7.11 Å². The molecule has 5 heteroatoms. The maximum Gasteiger partial charge on any atom is 0.146 e. The molecule has 0 radical (unpaired) electrons. The first-order valence-corrected chi connectivity index (χ1v) is 3.97. The molecule has 2 bridgehead atoms. The van der Waals surface area contributed by atoms with E-state index in [2.05, 4.69) is 5.32 Å². The van der Waals surface area contributed by atoms with E-state index in [4.69, 9.17) is 4.74 Å². The lowest BCUT2D eigenvalue weighted by Gasteiger charge is -2.57. The number of piperidine rings is 1. The van der Waals surface area contributed by atoms with E-state index in [1.165, 1.54) is 7.11 Å². The van der Waals surface area contributed by atoms with Gasteiger partial charge in [0, 0.05) is 19.6 Å². The Kier molecular flexibility index (Phi) is 1.68. The highest BCUT2D eigenvalue weighted by Crippen LogP contribution is 2.37. The van der Waals surface area contributed by atoms with Gasteiger partial charge in [0.2, 0.25) is 0 Å². The first-order valence-electron chi connectivity index (χ1n) is 3.97. The number of hydrogen-bond donors (Lipinski definition) is 4. The fourth-order valence-corrected chi connectivity index (χ4v) is 2.04. The maximum atomic E-state index is 9.52. The van der Waals surface area contributed by atoms with Crippen LogP contribution in [0.15, 0.2) is 0 Å². The van der Waals surface area contributed by atoms with Crippen molar-refractivity contribution in [3.8, 4) is 0 Å². The Balaban J connectivity index is 2.15. The van der Waals surface area contributed by atoms with E-state index < -0.39 is 24.0 Å². The summed E-state index contributed by atoms with van der Waals surface area (Å²) in [7, 11) is 1.48. The van der Waals surface area contributed by atoms with Gasteiger partial charge in [0.15, 0.2) is 0 Å². The van der Waals surface area contributed by atoms with Crippen LogP contribution in [0, 0.1) is 0 Å². The Morgan fingerprint density at radius 1 is 1.50 bits per heavy atom. The van der Waals surface area contributed by atoms with Crippen LogP contribution in [0.5, 0.6) is 0 Å². The lowest BCUT2D eigenvalue weighted by molar-refractivity contribution is -0.269. The van der Waals surface area contributed by atoms with Crippen molar-refractivity contribution in [3.05, 3.63) is 0 Å². The lowest BCUT2D eigenvalue weighted by Crippen LogP contribution is -2.81. The van der Waals surface area contributed by atoms with Crippen molar-refractivity contribution >= 4 is 0 Å². The number of hydrogen-bond acceptors (Lipinski definition) is 5. The number of aliphatic hydroxyl groups is 3. The molecule has 12 heavy (non-hydrogen) atoms. The molecule has 0 spiro atoms. The smallest absolute Gasteiger partial charge is 0.146 e. The van der Waals surface area contributed by atoms with Gasteiger partial charge in [-0.15, -0.1) is 0 Å². The minimum atomic E-state index is -1.29. The number of methoxy groups -OCH3 is 1. The molecular weight excluding hydrogens is 162 g/mol. The molecule has 1 aliphatic carbocycles. The van der Waals surface area contributed by atoms with Crippen molar-refractivity contribution in [1.82, 2.24) is 5.32 Å². The van der Waals surface area contributed by atoms with Gasteiger partial charge in [0.05, 0.1) is 0 Å². The summed E-state index contributed by atoms with van der Waals surface area (Å²) in [5.41, 5.74) is -1.29. The number of nitrogens with one attached hydrogen (secondary N) is 1. The van der Waals surface area contributed by atoms with E-state index in [1.54, 1.807) is 0 Å². The van der Waals surface area contributed by atoms with E-state index in [-0.39, 0.29) is 6.04 Å². The Morgan fingerprint density at radius 2 is 2.08 bits per heavy atom. The molecule has 2 saturated heterocycles. The third-order valence-electron chi connectivity index (χ3n) is 2.78. The second-order valence-electron chi connectivity index (χ2n) is 3.51. The van der Waals surface area contributed by atoms with Crippen LogP contribution >= 0.6 is 0 Å². The topological polar surface area (TPSA) is 82.0 Å². The van der Waals surface area contributed by atoms with E-state index in [0.29, 0.717) is 6.42 Å².